The van der Waals surface area contributed by atoms with Gasteiger partial charge in [0.25, 0.3) is 0 Å². The van der Waals surface area contributed by atoms with E-state index >= 15 is 0 Å². The van der Waals surface area contributed by atoms with Crippen LogP contribution >= 0.6 is 0 Å². The van der Waals surface area contributed by atoms with E-state index in [9.17, 15) is 8.42 Å². The summed E-state index contributed by atoms with van der Waals surface area (Å²) in [5, 5.41) is 1.50. The summed E-state index contributed by atoms with van der Waals surface area (Å²) < 4.78 is 33.9. The highest BCUT2D eigenvalue weighted by molar-refractivity contribution is 7.89. The van der Waals surface area contributed by atoms with Gasteiger partial charge in [-0.3, -0.25) is 9.88 Å². The Labute approximate surface area is 177 Å². The highest BCUT2D eigenvalue weighted by Gasteiger charge is 2.21. The second-order valence-corrected chi connectivity index (χ2v) is 8.99. The van der Waals surface area contributed by atoms with Gasteiger partial charge < -0.3 is 9.64 Å². The fourth-order valence-corrected chi connectivity index (χ4v) is 5.10. The monoisotopic (exact) mass is 426 g/mol. The maximum Gasteiger partial charge on any atom is 0.241 e. The Morgan fingerprint density at radius 3 is 2.63 bits per heavy atom. The molecule has 1 aromatic heterocycles. The lowest BCUT2D eigenvalue weighted by Crippen LogP contribution is -2.48. The Morgan fingerprint density at radius 1 is 1.03 bits per heavy atom. The Kier molecular flexibility index (Phi) is 6.17. The fraction of sp³-hybridized carbons (Fsp3) is 0.318. The summed E-state index contributed by atoms with van der Waals surface area (Å²) in [5.74, 6) is 0.879. The zero-order chi connectivity index (χ0) is 21.0. The van der Waals surface area contributed by atoms with Gasteiger partial charge in [-0.05, 0) is 24.3 Å². The third-order valence-corrected chi connectivity index (χ3v) is 6.97. The topological polar surface area (TPSA) is 74.8 Å². The lowest BCUT2D eigenvalue weighted by atomic mass is 10.2. The van der Waals surface area contributed by atoms with Gasteiger partial charge in [-0.2, -0.15) is 0 Å². The van der Waals surface area contributed by atoms with Gasteiger partial charge in [-0.1, -0.05) is 24.3 Å². The molecule has 2 heterocycles. The molecule has 0 unspecified atom stereocenters. The Balaban J connectivity index is 1.33. The molecule has 1 saturated heterocycles. The average Bonchev–Trinajstić information content (AvgIpc) is 2.79. The molecule has 3 aromatic rings. The number of benzene rings is 2. The Bertz CT molecular complexity index is 1110. The SMILES string of the molecule is COc1ccccc1N1CCN(CCNS(=O)(=O)c2cccc3cnccc23)CC1. The number of anilines is 1. The summed E-state index contributed by atoms with van der Waals surface area (Å²) in [6, 6.07) is 15.0. The van der Waals surface area contributed by atoms with Crippen LogP contribution in [0.25, 0.3) is 10.8 Å². The van der Waals surface area contributed by atoms with Gasteiger partial charge in [0.1, 0.15) is 5.75 Å². The molecule has 0 radical (unpaired) electrons. The van der Waals surface area contributed by atoms with Gasteiger partial charge in [0.2, 0.25) is 10.0 Å². The predicted octanol–water partition coefficient (Wildman–Crippen LogP) is 2.34. The summed E-state index contributed by atoms with van der Waals surface area (Å²) >= 11 is 0. The summed E-state index contributed by atoms with van der Waals surface area (Å²) in [6.07, 6.45) is 3.29. The Hall–Kier alpha value is -2.68. The molecule has 8 heteroatoms. The second kappa shape index (κ2) is 8.99. The van der Waals surface area contributed by atoms with Crippen molar-refractivity contribution in [2.75, 3.05) is 51.3 Å². The van der Waals surface area contributed by atoms with Gasteiger partial charge in [0.15, 0.2) is 0 Å². The number of para-hydroxylation sites is 2. The normalized spacial score (nSPS) is 15.4. The van der Waals surface area contributed by atoms with Gasteiger partial charge in [0.05, 0.1) is 17.7 Å². The van der Waals surface area contributed by atoms with E-state index in [4.69, 9.17) is 4.74 Å². The standard InChI is InChI=1S/C22H26N4O3S/c1-29-21-7-3-2-6-20(21)26-15-13-25(14-16-26)12-11-24-30(27,28)22-8-4-5-18-17-23-10-9-19(18)22/h2-10,17,24H,11-16H2,1H3. The van der Waals surface area contributed by atoms with Crippen LogP contribution in [-0.4, -0.2) is 64.7 Å². The van der Waals surface area contributed by atoms with Crippen LogP contribution in [0.4, 0.5) is 5.69 Å². The maximum absolute atomic E-state index is 12.8. The number of aromatic nitrogens is 1. The van der Waals surface area contributed by atoms with Gasteiger partial charge in [-0.25, -0.2) is 13.1 Å². The predicted molar refractivity (Wildman–Crippen MR) is 119 cm³/mol. The molecule has 30 heavy (non-hydrogen) atoms. The first-order valence-electron chi connectivity index (χ1n) is 10.0. The van der Waals surface area contributed by atoms with Crippen LogP contribution in [0, 0.1) is 0 Å². The van der Waals surface area contributed by atoms with Crippen LogP contribution in [0.15, 0.2) is 65.8 Å². The molecule has 1 N–H and O–H groups in total. The largest absolute Gasteiger partial charge is 0.495 e. The molecule has 1 aliphatic rings. The van der Waals surface area contributed by atoms with Crippen molar-refractivity contribution in [3.05, 3.63) is 60.9 Å². The van der Waals surface area contributed by atoms with Crippen LogP contribution in [-0.2, 0) is 10.0 Å². The molecule has 0 spiro atoms. The number of methoxy groups -OCH3 is 1. The molecule has 0 amide bonds. The van der Waals surface area contributed by atoms with Crippen molar-refractivity contribution in [3.8, 4) is 5.75 Å². The molecule has 1 fully saturated rings. The number of hydrogen-bond donors (Lipinski definition) is 1. The molecule has 0 bridgehead atoms. The number of nitrogens with zero attached hydrogens (tertiary/aromatic N) is 3. The lowest BCUT2D eigenvalue weighted by Gasteiger charge is -2.36. The van der Waals surface area contributed by atoms with E-state index < -0.39 is 10.0 Å². The van der Waals surface area contributed by atoms with Gasteiger partial charge in [-0.15, -0.1) is 0 Å². The smallest absolute Gasteiger partial charge is 0.241 e. The van der Waals surface area contributed by atoms with Crippen molar-refractivity contribution < 1.29 is 13.2 Å². The van der Waals surface area contributed by atoms with Crippen LogP contribution in [0.2, 0.25) is 0 Å². The van der Waals surface area contributed by atoms with E-state index in [1.165, 1.54) is 0 Å². The van der Waals surface area contributed by atoms with Crippen molar-refractivity contribution in [1.82, 2.24) is 14.6 Å². The molecule has 0 aliphatic carbocycles. The van der Waals surface area contributed by atoms with Crippen molar-refractivity contribution >= 4 is 26.5 Å². The molecule has 1 aliphatic heterocycles. The molecular formula is C22H26N4O3S. The highest BCUT2D eigenvalue weighted by atomic mass is 32.2. The number of fused-ring (bicyclic) bond motifs is 1. The van der Waals surface area contributed by atoms with E-state index in [0.29, 0.717) is 23.4 Å². The number of nitrogens with one attached hydrogen (secondary N) is 1. The minimum atomic E-state index is -3.58. The van der Waals surface area contributed by atoms with Crippen LogP contribution in [0.1, 0.15) is 0 Å². The Morgan fingerprint density at radius 2 is 1.83 bits per heavy atom. The molecule has 7 nitrogen and oxygen atoms in total. The van der Waals surface area contributed by atoms with Gasteiger partial charge >= 0.3 is 0 Å². The first-order chi connectivity index (χ1) is 14.6. The third-order valence-electron chi connectivity index (χ3n) is 5.45. The zero-order valence-corrected chi connectivity index (χ0v) is 17.8. The molecule has 2 aromatic carbocycles. The van der Waals surface area contributed by atoms with Crippen LogP contribution in [0.3, 0.4) is 0 Å². The number of rotatable bonds is 7. The van der Waals surface area contributed by atoms with Crippen LogP contribution < -0.4 is 14.4 Å². The number of sulfonamides is 1. The minimum Gasteiger partial charge on any atom is -0.495 e. The fourth-order valence-electron chi connectivity index (χ4n) is 3.85. The average molecular weight is 427 g/mol. The number of piperazine rings is 1. The highest BCUT2D eigenvalue weighted by Crippen LogP contribution is 2.28. The minimum absolute atomic E-state index is 0.295. The van der Waals surface area contributed by atoms with Crippen molar-refractivity contribution in [1.29, 1.82) is 0 Å². The molecule has 4 rings (SSSR count). The summed E-state index contributed by atoms with van der Waals surface area (Å²) in [4.78, 5) is 8.95. The first kappa shape index (κ1) is 20.6. The number of ether oxygens (including phenoxy) is 1. The molecular weight excluding hydrogens is 400 g/mol. The van der Waals surface area contributed by atoms with E-state index in [2.05, 4.69) is 25.6 Å². The zero-order valence-electron chi connectivity index (χ0n) is 17.0. The van der Waals surface area contributed by atoms with E-state index in [1.54, 1.807) is 37.7 Å². The van der Waals surface area contributed by atoms with Crippen LogP contribution in [0.5, 0.6) is 5.75 Å². The third kappa shape index (κ3) is 4.40. The van der Waals surface area contributed by atoms with E-state index in [-0.39, 0.29) is 0 Å². The van der Waals surface area contributed by atoms with Crippen molar-refractivity contribution in [2.24, 2.45) is 0 Å². The molecule has 0 saturated carbocycles. The summed E-state index contributed by atoms with van der Waals surface area (Å²) in [7, 11) is -1.89. The van der Waals surface area contributed by atoms with Crippen molar-refractivity contribution in [2.45, 2.75) is 4.90 Å². The van der Waals surface area contributed by atoms with Crippen molar-refractivity contribution in [3.63, 3.8) is 0 Å². The summed E-state index contributed by atoms with van der Waals surface area (Å²) in [6.45, 7) is 4.55. The second-order valence-electron chi connectivity index (χ2n) is 7.25. The first-order valence-corrected chi connectivity index (χ1v) is 11.5. The molecule has 158 valence electrons. The van der Waals surface area contributed by atoms with E-state index in [0.717, 1.165) is 43.0 Å². The quantitative estimate of drug-likeness (QED) is 0.625. The van der Waals surface area contributed by atoms with Gasteiger partial charge in [0, 0.05) is 62.4 Å². The maximum atomic E-state index is 12.8. The number of pyridine rings is 1. The lowest BCUT2D eigenvalue weighted by molar-refractivity contribution is 0.261. The van der Waals surface area contributed by atoms with E-state index in [1.807, 2.05) is 24.3 Å². The summed E-state index contributed by atoms with van der Waals surface area (Å²) in [5.41, 5.74) is 1.10. The number of hydrogen-bond acceptors (Lipinski definition) is 6. The molecule has 0 atom stereocenters.